The standard InChI is InChI=1S/C23H23F2N3O6/c1-13(26-20(32)17-8-4-6-14-5-2-3-7-16(14)17)22(34)28-12-23(24,25)10-18(28)21(33)27-15(11-29)9-19(30)31/h2-8,11,13,15,18H,9-10,12H2,1H3,(H,26,32)(H,27,33)(H,30,31). The van der Waals surface area contributed by atoms with E-state index < -0.39 is 67.1 Å². The number of alkyl halides is 2. The third-order valence-electron chi connectivity index (χ3n) is 5.49. The number of amides is 3. The molecule has 3 unspecified atom stereocenters. The number of carboxylic acids is 1. The highest BCUT2D eigenvalue weighted by Crippen LogP contribution is 2.32. The number of benzene rings is 2. The Morgan fingerprint density at radius 3 is 2.50 bits per heavy atom. The van der Waals surface area contributed by atoms with Crippen molar-refractivity contribution in [2.24, 2.45) is 0 Å². The average Bonchev–Trinajstić information content (AvgIpc) is 3.12. The maximum atomic E-state index is 14.1. The summed E-state index contributed by atoms with van der Waals surface area (Å²) >= 11 is 0. The molecule has 1 fully saturated rings. The minimum Gasteiger partial charge on any atom is -0.481 e. The van der Waals surface area contributed by atoms with Crippen LogP contribution in [0.5, 0.6) is 0 Å². The first kappa shape index (κ1) is 24.7. The lowest BCUT2D eigenvalue weighted by atomic mass is 10.0. The largest absolute Gasteiger partial charge is 0.481 e. The van der Waals surface area contributed by atoms with E-state index in [1.807, 2.05) is 12.1 Å². The van der Waals surface area contributed by atoms with Gasteiger partial charge in [0.15, 0.2) is 0 Å². The molecule has 3 amide bonds. The predicted octanol–water partition coefficient (Wildman–Crippen LogP) is 1.35. The summed E-state index contributed by atoms with van der Waals surface area (Å²) in [4.78, 5) is 60.8. The molecule has 1 heterocycles. The molecule has 1 saturated heterocycles. The molecule has 180 valence electrons. The van der Waals surface area contributed by atoms with Gasteiger partial charge in [-0.05, 0) is 23.8 Å². The highest BCUT2D eigenvalue weighted by atomic mass is 19.3. The second-order valence-corrected chi connectivity index (χ2v) is 8.11. The number of hydrogen-bond donors (Lipinski definition) is 3. The van der Waals surface area contributed by atoms with Gasteiger partial charge >= 0.3 is 5.97 Å². The first-order valence-electron chi connectivity index (χ1n) is 10.5. The summed E-state index contributed by atoms with van der Waals surface area (Å²) in [6.45, 7) is 0.262. The van der Waals surface area contributed by atoms with Gasteiger partial charge in [0, 0.05) is 12.0 Å². The van der Waals surface area contributed by atoms with E-state index in [9.17, 15) is 32.8 Å². The Hall–Kier alpha value is -3.89. The van der Waals surface area contributed by atoms with Gasteiger partial charge in [-0.15, -0.1) is 0 Å². The van der Waals surface area contributed by atoms with Crippen molar-refractivity contribution in [1.82, 2.24) is 15.5 Å². The second-order valence-electron chi connectivity index (χ2n) is 8.11. The number of nitrogens with one attached hydrogen (secondary N) is 2. The lowest BCUT2D eigenvalue weighted by Gasteiger charge is -2.27. The Kier molecular flexibility index (Phi) is 7.23. The first-order valence-corrected chi connectivity index (χ1v) is 10.5. The molecule has 11 heteroatoms. The van der Waals surface area contributed by atoms with Gasteiger partial charge in [0.25, 0.3) is 11.8 Å². The first-order chi connectivity index (χ1) is 16.0. The molecule has 2 aromatic rings. The van der Waals surface area contributed by atoms with Crippen molar-refractivity contribution in [1.29, 1.82) is 0 Å². The van der Waals surface area contributed by atoms with Crippen molar-refractivity contribution in [3.05, 3.63) is 48.0 Å². The molecule has 3 N–H and O–H groups in total. The van der Waals surface area contributed by atoms with Gasteiger partial charge in [0.05, 0.1) is 19.0 Å². The third kappa shape index (κ3) is 5.53. The number of fused-ring (bicyclic) bond motifs is 1. The van der Waals surface area contributed by atoms with E-state index >= 15 is 0 Å². The molecular formula is C23H23F2N3O6. The topological polar surface area (TPSA) is 133 Å². The number of rotatable bonds is 8. The van der Waals surface area contributed by atoms with Crippen LogP contribution in [0.4, 0.5) is 8.78 Å². The molecule has 34 heavy (non-hydrogen) atoms. The summed E-state index contributed by atoms with van der Waals surface area (Å²) in [5.74, 6) is -7.32. The number of carbonyl (C=O) groups is 5. The number of carbonyl (C=O) groups excluding carboxylic acids is 4. The number of halogens is 2. The van der Waals surface area contributed by atoms with Crippen molar-refractivity contribution in [3.8, 4) is 0 Å². The van der Waals surface area contributed by atoms with Crippen LogP contribution in [0.15, 0.2) is 42.5 Å². The van der Waals surface area contributed by atoms with Crippen LogP contribution in [-0.4, -0.2) is 70.6 Å². The number of carboxylic acid groups (broad SMARTS) is 1. The Labute approximate surface area is 193 Å². The fraction of sp³-hybridized carbons (Fsp3) is 0.348. The molecule has 0 spiro atoms. The molecule has 1 aliphatic heterocycles. The van der Waals surface area contributed by atoms with Gasteiger partial charge in [0.1, 0.15) is 18.4 Å². The molecular weight excluding hydrogens is 452 g/mol. The van der Waals surface area contributed by atoms with E-state index in [4.69, 9.17) is 5.11 Å². The molecule has 3 atom stereocenters. The van der Waals surface area contributed by atoms with Crippen LogP contribution >= 0.6 is 0 Å². The molecule has 0 aromatic heterocycles. The Bertz CT molecular complexity index is 1130. The zero-order chi connectivity index (χ0) is 25.0. The second kappa shape index (κ2) is 9.94. The van der Waals surface area contributed by atoms with Crippen LogP contribution in [0.3, 0.4) is 0 Å². The van der Waals surface area contributed by atoms with Crippen LogP contribution in [0, 0.1) is 0 Å². The van der Waals surface area contributed by atoms with Crippen molar-refractivity contribution >= 4 is 40.7 Å². The van der Waals surface area contributed by atoms with Crippen LogP contribution in [0.1, 0.15) is 30.1 Å². The van der Waals surface area contributed by atoms with Crippen LogP contribution in [0.2, 0.25) is 0 Å². The van der Waals surface area contributed by atoms with Crippen molar-refractivity contribution in [2.45, 2.75) is 43.8 Å². The summed E-state index contributed by atoms with van der Waals surface area (Å²) in [6, 6.07) is 7.86. The molecule has 0 aliphatic carbocycles. The molecule has 9 nitrogen and oxygen atoms in total. The summed E-state index contributed by atoms with van der Waals surface area (Å²) in [5, 5.41) is 14.8. The maximum Gasteiger partial charge on any atom is 0.305 e. The Morgan fingerprint density at radius 1 is 1.15 bits per heavy atom. The predicted molar refractivity (Wildman–Crippen MR) is 116 cm³/mol. The SMILES string of the molecule is CC(NC(=O)c1cccc2ccccc12)C(=O)N1CC(F)(F)CC1C(=O)NC(C=O)CC(=O)O. The van der Waals surface area contributed by atoms with Gasteiger partial charge in [-0.1, -0.05) is 36.4 Å². The summed E-state index contributed by atoms with van der Waals surface area (Å²) in [5.41, 5.74) is 0.293. The maximum absolute atomic E-state index is 14.1. The lowest BCUT2D eigenvalue weighted by Crippen LogP contribution is -2.54. The van der Waals surface area contributed by atoms with Crippen molar-refractivity contribution in [3.63, 3.8) is 0 Å². The Balaban J connectivity index is 1.75. The highest BCUT2D eigenvalue weighted by molar-refractivity contribution is 6.08. The molecule has 0 saturated carbocycles. The molecule has 3 rings (SSSR count). The van der Waals surface area contributed by atoms with Gasteiger partial charge in [0.2, 0.25) is 11.8 Å². The highest BCUT2D eigenvalue weighted by Gasteiger charge is 2.51. The third-order valence-corrected chi connectivity index (χ3v) is 5.49. The van der Waals surface area contributed by atoms with Crippen molar-refractivity contribution < 1.29 is 37.9 Å². The van der Waals surface area contributed by atoms with E-state index in [2.05, 4.69) is 10.6 Å². The quantitative estimate of drug-likeness (QED) is 0.494. The van der Waals surface area contributed by atoms with Crippen molar-refractivity contribution in [2.75, 3.05) is 6.54 Å². The summed E-state index contributed by atoms with van der Waals surface area (Å²) < 4.78 is 28.3. The molecule has 0 bridgehead atoms. The van der Waals surface area contributed by atoms with Crippen LogP contribution in [-0.2, 0) is 19.2 Å². The zero-order valence-electron chi connectivity index (χ0n) is 18.2. The zero-order valence-corrected chi connectivity index (χ0v) is 18.2. The van der Waals surface area contributed by atoms with Gasteiger partial charge < -0.3 is 25.4 Å². The number of likely N-dealkylation sites (tertiary alicyclic amines) is 1. The number of hydrogen-bond acceptors (Lipinski definition) is 5. The van der Waals surface area contributed by atoms with E-state index in [1.165, 1.54) is 6.92 Å². The molecule has 2 aromatic carbocycles. The fourth-order valence-corrected chi connectivity index (χ4v) is 3.89. The van der Waals surface area contributed by atoms with Gasteiger partial charge in [-0.2, -0.15) is 0 Å². The van der Waals surface area contributed by atoms with E-state index in [1.54, 1.807) is 30.3 Å². The smallest absolute Gasteiger partial charge is 0.305 e. The number of nitrogens with zero attached hydrogens (tertiary/aromatic N) is 1. The summed E-state index contributed by atoms with van der Waals surface area (Å²) in [7, 11) is 0. The average molecular weight is 475 g/mol. The van der Waals surface area contributed by atoms with Crippen LogP contribution < -0.4 is 10.6 Å². The van der Waals surface area contributed by atoms with Gasteiger partial charge in [-0.3, -0.25) is 19.2 Å². The summed E-state index contributed by atoms with van der Waals surface area (Å²) in [6.07, 6.45) is -1.55. The van der Waals surface area contributed by atoms with E-state index in [0.29, 0.717) is 15.8 Å². The van der Waals surface area contributed by atoms with E-state index in [0.717, 1.165) is 5.39 Å². The molecule has 0 radical (unpaired) electrons. The minimum absolute atomic E-state index is 0.179. The van der Waals surface area contributed by atoms with Gasteiger partial charge in [-0.25, -0.2) is 8.78 Å². The number of aliphatic carboxylic acids is 1. The molecule has 1 aliphatic rings. The number of aldehydes is 1. The Morgan fingerprint density at radius 2 is 1.82 bits per heavy atom. The normalized spacial score (nSPS) is 18.7. The minimum atomic E-state index is -3.37. The fourth-order valence-electron chi connectivity index (χ4n) is 3.89. The monoisotopic (exact) mass is 475 g/mol. The van der Waals surface area contributed by atoms with E-state index in [-0.39, 0.29) is 6.29 Å². The van der Waals surface area contributed by atoms with Crippen LogP contribution in [0.25, 0.3) is 10.8 Å². The lowest BCUT2D eigenvalue weighted by molar-refractivity contribution is -0.142.